The van der Waals surface area contributed by atoms with Gasteiger partial charge in [0, 0.05) is 9.82 Å². The minimum Gasteiger partial charge on any atom is -0.388 e. The Morgan fingerprint density at radius 2 is 1.21 bits per heavy atom. The van der Waals surface area contributed by atoms with Crippen LogP contribution in [-0.2, 0) is 28.4 Å². The minimum atomic E-state index is -1.59. The average molecular weight is 490 g/mol. The third-order valence-electron chi connectivity index (χ3n) is 5.59. The smallest absolute Gasteiger partial charge is 0.190 e. The average Bonchev–Trinajstić information content (AvgIpc) is 3.26. The fraction of sp³-hybridized carbons (Fsp3) is 1.00. The zero-order chi connectivity index (χ0) is 25.3. The second-order valence-corrected chi connectivity index (χ2v) is 9.07. The molecule has 0 bridgehead atoms. The van der Waals surface area contributed by atoms with Crippen LogP contribution in [0.5, 0.6) is 0 Å². The Bertz CT molecular complexity index is 819. The van der Waals surface area contributed by atoms with Crippen molar-refractivity contribution in [3.63, 3.8) is 0 Å². The van der Waals surface area contributed by atoms with E-state index in [0.29, 0.717) is 0 Å². The first-order valence-corrected chi connectivity index (χ1v) is 10.7. The van der Waals surface area contributed by atoms with Crippen LogP contribution in [0.1, 0.15) is 27.7 Å². The fourth-order valence-corrected chi connectivity index (χ4v) is 4.16. The Hall–Kier alpha value is -1.78. The third-order valence-corrected chi connectivity index (χ3v) is 5.59. The quantitative estimate of drug-likeness (QED) is 0.230. The van der Waals surface area contributed by atoms with Crippen molar-refractivity contribution in [2.45, 2.75) is 101 Å². The van der Waals surface area contributed by atoms with E-state index in [-0.39, 0.29) is 31.4 Å². The Balaban J connectivity index is 0.000000204. The predicted octanol–water partition coefficient (Wildman–Crippen LogP) is -0.210. The standard InChI is InChI=1S/C12H19N3O5.C6H11N3O5/c1-11(2)17-7-6(5-14-15-13)16-10-9(8(7)18-11)19-12(3,4)20-10;7-9-8-1-2-3(10)4(11)5(12)6(13)14-2/h6-10H,5H2,1-4H3;2-6,10-13H,1H2. The maximum absolute atomic E-state index is 9.32. The van der Waals surface area contributed by atoms with Gasteiger partial charge in [0.1, 0.15) is 36.6 Å². The summed E-state index contributed by atoms with van der Waals surface area (Å²) in [4.78, 5) is 5.21. The fourth-order valence-electron chi connectivity index (χ4n) is 4.16. The normalized spacial score (nSPS) is 43.9. The van der Waals surface area contributed by atoms with Crippen LogP contribution in [0.25, 0.3) is 20.9 Å². The van der Waals surface area contributed by atoms with Gasteiger partial charge in [-0.2, -0.15) is 0 Å². The molecule has 0 spiro atoms. The van der Waals surface area contributed by atoms with E-state index in [2.05, 4.69) is 20.1 Å². The van der Waals surface area contributed by atoms with Gasteiger partial charge in [0.25, 0.3) is 0 Å². The number of aliphatic hydroxyl groups is 4. The molecule has 10 unspecified atom stereocenters. The van der Waals surface area contributed by atoms with E-state index in [4.69, 9.17) is 49.7 Å². The second-order valence-electron chi connectivity index (χ2n) is 9.07. The van der Waals surface area contributed by atoms with Crippen molar-refractivity contribution in [3.05, 3.63) is 20.9 Å². The van der Waals surface area contributed by atoms with E-state index >= 15 is 0 Å². The molecule has 4 aliphatic rings. The highest BCUT2D eigenvalue weighted by Crippen LogP contribution is 2.44. The molecule has 4 fully saturated rings. The summed E-state index contributed by atoms with van der Waals surface area (Å²) in [5, 5.41) is 43.4. The van der Waals surface area contributed by atoms with Crippen LogP contribution in [0.3, 0.4) is 0 Å². The van der Waals surface area contributed by atoms with Crippen LogP contribution in [0.15, 0.2) is 10.2 Å². The zero-order valence-electron chi connectivity index (χ0n) is 19.1. The Morgan fingerprint density at radius 3 is 1.82 bits per heavy atom. The van der Waals surface area contributed by atoms with Gasteiger partial charge in [0.05, 0.1) is 25.3 Å². The lowest BCUT2D eigenvalue weighted by Gasteiger charge is -2.37. The van der Waals surface area contributed by atoms with E-state index < -0.39 is 54.7 Å². The summed E-state index contributed by atoms with van der Waals surface area (Å²) in [5.41, 5.74) is 16.5. The first-order valence-electron chi connectivity index (χ1n) is 10.7. The molecule has 0 aliphatic carbocycles. The molecule has 0 saturated carbocycles. The molecule has 0 aromatic heterocycles. The number of hydrogen-bond donors (Lipinski definition) is 4. The monoisotopic (exact) mass is 490 g/mol. The molecule has 10 atom stereocenters. The van der Waals surface area contributed by atoms with Gasteiger partial charge in [-0.3, -0.25) is 0 Å². The number of hydrogen-bond acceptors (Lipinski definition) is 12. The molecule has 4 saturated heterocycles. The summed E-state index contributed by atoms with van der Waals surface area (Å²) in [5.74, 6) is -1.46. The van der Waals surface area contributed by atoms with Crippen molar-refractivity contribution in [2.75, 3.05) is 13.1 Å². The Kier molecular flexibility index (Phi) is 8.25. The number of rotatable bonds is 4. The molecular weight excluding hydrogens is 460 g/mol. The Morgan fingerprint density at radius 1 is 0.676 bits per heavy atom. The number of aliphatic hydroxyl groups excluding tert-OH is 4. The molecule has 192 valence electrons. The molecule has 4 N–H and O–H groups in total. The van der Waals surface area contributed by atoms with Gasteiger partial charge in [-0.25, -0.2) is 0 Å². The molecule has 34 heavy (non-hydrogen) atoms. The van der Waals surface area contributed by atoms with E-state index in [1.165, 1.54) is 0 Å². The van der Waals surface area contributed by atoms with Gasteiger partial charge in [0.2, 0.25) is 0 Å². The lowest BCUT2D eigenvalue weighted by molar-refractivity contribution is -0.279. The van der Waals surface area contributed by atoms with Gasteiger partial charge in [-0.05, 0) is 38.8 Å². The Labute approximate surface area is 194 Å². The van der Waals surface area contributed by atoms with E-state index in [9.17, 15) is 10.2 Å². The molecule has 0 aromatic rings. The van der Waals surface area contributed by atoms with Gasteiger partial charge < -0.3 is 48.8 Å². The van der Waals surface area contributed by atoms with E-state index in [0.717, 1.165) is 0 Å². The summed E-state index contributed by atoms with van der Waals surface area (Å²) in [7, 11) is 0. The van der Waals surface area contributed by atoms with Crippen molar-refractivity contribution >= 4 is 0 Å². The van der Waals surface area contributed by atoms with Crippen molar-refractivity contribution in [2.24, 2.45) is 10.2 Å². The highest BCUT2D eigenvalue weighted by Gasteiger charge is 2.60. The molecule has 4 aliphatic heterocycles. The number of ether oxygens (including phenoxy) is 6. The van der Waals surface area contributed by atoms with Crippen LogP contribution in [0.4, 0.5) is 0 Å². The second kappa shape index (κ2) is 10.5. The third kappa shape index (κ3) is 5.88. The summed E-state index contributed by atoms with van der Waals surface area (Å²) in [6, 6.07) is 0. The van der Waals surface area contributed by atoms with Crippen molar-refractivity contribution in [3.8, 4) is 0 Å². The number of fused-ring (bicyclic) bond motifs is 3. The first-order chi connectivity index (χ1) is 15.9. The SMILES string of the molecule is CC1(C)OC2OC(CN=[N+]=[N-])C3OC(C)(C)OC3C2O1.[N-]=[N+]=NCC1OC(O)C(O)C(O)C1O. The molecule has 0 amide bonds. The molecule has 0 aromatic carbocycles. The number of nitrogens with zero attached hydrogens (tertiary/aromatic N) is 6. The van der Waals surface area contributed by atoms with E-state index in [1.54, 1.807) is 0 Å². The lowest BCUT2D eigenvalue weighted by Crippen LogP contribution is -2.58. The zero-order valence-corrected chi connectivity index (χ0v) is 19.1. The maximum atomic E-state index is 9.32. The molecule has 4 rings (SSSR count). The lowest BCUT2D eigenvalue weighted by atomic mass is 9.99. The largest absolute Gasteiger partial charge is 0.388 e. The van der Waals surface area contributed by atoms with Gasteiger partial charge >= 0.3 is 0 Å². The number of azide groups is 2. The van der Waals surface area contributed by atoms with Crippen molar-refractivity contribution in [1.29, 1.82) is 0 Å². The highest BCUT2D eigenvalue weighted by atomic mass is 16.9. The van der Waals surface area contributed by atoms with Crippen molar-refractivity contribution < 1.29 is 48.8 Å². The van der Waals surface area contributed by atoms with Crippen LogP contribution in [0, 0.1) is 0 Å². The van der Waals surface area contributed by atoms with E-state index in [1.807, 2.05) is 27.7 Å². The predicted molar refractivity (Wildman–Crippen MR) is 109 cm³/mol. The first kappa shape index (κ1) is 26.8. The molecule has 0 radical (unpaired) electrons. The van der Waals surface area contributed by atoms with Gasteiger partial charge in [-0.15, -0.1) is 0 Å². The summed E-state index contributed by atoms with van der Waals surface area (Å²) < 4.78 is 33.9. The minimum absolute atomic E-state index is 0.171. The van der Waals surface area contributed by atoms with Crippen LogP contribution in [-0.4, -0.2) is 107 Å². The molecule has 16 heteroatoms. The van der Waals surface area contributed by atoms with Gasteiger partial charge in [-0.1, -0.05) is 10.2 Å². The topological polar surface area (TPSA) is 234 Å². The summed E-state index contributed by atoms with van der Waals surface area (Å²) in [6.07, 6.45) is -9.01. The van der Waals surface area contributed by atoms with Gasteiger partial charge in [0.15, 0.2) is 24.2 Å². The van der Waals surface area contributed by atoms with Crippen molar-refractivity contribution in [1.82, 2.24) is 0 Å². The molecule has 16 nitrogen and oxygen atoms in total. The summed E-state index contributed by atoms with van der Waals surface area (Å²) in [6.45, 7) is 7.28. The van der Waals surface area contributed by atoms with Crippen LogP contribution < -0.4 is 0 Å². The highest BCUT2D eigenvalue weighted by molar-refractivity contribution is 5.00. The van der Waals surface area contributed by atoms with Crippen LogP contribution >= 0.6 is 0 Å². The molecule has 4 heterocycles. The van der Waals surface area contributed by atoms with Crippen LogP contribution in [0.2, 0.25) is 0 Å². The molecular formula is C18H30N6O10. The maximum Gasteiger partial charge on any atom is 0.190 e. The summed E-state index contributed by atoms with van der Waals surface area (Å²) >= 11 is 0.